The molecule has 0 spiro atoms. The van der Waals surface area contributed by atoms with Crippen molar-refractivity contribution in [3.63, 3.8) is 0 Å². The molecule has 1 aromatic rings. The van der Waals surface area contributed by atoms with E-state index in [0.29, 0.717) is 12.0 Å². The van der Waals surface area contributed by atoms with Crippen LogP contribution in [0.3, 0.4) is 0 Å². The fourth-order valence-corrected chi connectivity index (χ4v) is 2.77. The number of nitrogens with zero attached hydrogens (tertiary/aromatic N) is 1. The van der Waals surface area contributed by atoms with Gasteiger partial charge in [-0.15, -0.1) is 0 Å². The van der Waals surface area contributed by atoms with E-state index in [1.807, 2.05) is 12.1 Å². The van der Waals surface area contributed by atoms with Gasteiger partial charge < -0.3 is 5.32 Å². The molecular weight excluding hydrogens is 240 g/mol. The molecule has 2 rings (SSSR count). The van der Waals surface area contributed by atoms with E-state index < -0.39 is 0 Å². The third-order valence-electron chi connectivity index (χ3n) is 4.46. The van der Waals surface area contributed by atoms with Gasteiger partial charge in [-0.3, -0.25) is 10.1 Å². The van der Waals surface area contributed by atoms with E-state index in [1.54, 1.807) is 13.0 Å². The summed E-state index contributed by atoms with van der Waals surface area (Å²) in [4.78, 5) is 10.6. The molecule has 0 amide bonds. The van der Waals surface area contributed by atoms with Crippen LogP contribution in [0.25, 0.3) is 0 Å². The molecule has 0 unspecified atom stereocenters. The fraction of sp³-hybridized carbons (Fsp3) is 0.600. The molecule has 1 saturated carbocycles. The summed E-state index contributed by atoms with van der Waals surface area (Å²) in [7, 11) is 0. The molecule has 1 fully saturated rings. The third-order valence-corrected chi connectivity index (χ3v) is 4.46. The number of rotatable bonds is 6. The molecule has 1 aliphatic rings. The largest absolute Gasteiger partial charge is 0.312 e. The number of nitro benzene ring substituents is 1. The highest BCUT2D eigenvalue weighted by Crippen LogP contribution is 2.43. The second-order valence-corrected chi connectivity index (χ2v) is 5.69. The number of hydrogen-bond donors (Lipinski definition) is 1. The summed E-state index contributed by atoms with van der Waals surface area (Å²) in [5.41, 5.74) is 2.41. The molecule has 4 heteroatoms. The second kappa shape index (κ2) is 5.70. The summed E-state index contributed by atoms with van der Waals surface area (Å²) in [6, 6.07) is 5.48. The lowest BCUT2D eigenvalue weighted by molar-refractivity contribution is -0.385. The summed E-state index contributed by atoms with van der Waals surface area (Å²) in [5, 5.41) is 14.4. The van der Waals surface area contributed by atoms with Gasteiger partial charge >= 0.3 is 0 Å². The van der Waals surface area contributed by atoms with E-state index in [1.165, 1.54) is 25.7 Å². The fourth-order valence-electron chi connectivity index (χ4n) is 2.77. The quantitative estimate of drug-likeness (QED) is 0.630. The average molecular weight is 262 g/mol. The van der Waals surface area contributed by atoms with Crippen molar-refractivity contribution in [3.05, 3.63) is 39.4 Å². The van der Waals surface area contributed by atoms with E-state index in [9.17, 15) is 10.1 Å². The molecule has 104 valence electrons. The van der Waals surface area contributed by atoms with Crippen LogP contribution in [-0.2, 0) is 6.54 Å². The molecule has 1 aliphatic carbocycles. The molecule has 0 bridgehead atoms. The molecule has 0 saturated heterocycles. The lowest BCUT2D eigenvalue weighted by Crippen LogP contribution is -2.39. The first-order chi connectivity index (χ1) is 9.06. The van der Waals surface area contributed by atoms with Crippen molar-refractivity contribution in [2.24, 2.45) is 5.41 Å². The van der Waals surface area contributed by atoms with Gasteiger partial charge in [0.25, 0.3) is 5.69 Å². The van der Waals surface area contributed by atoms with E-state index in [2.05, 4.69) is 12.2 Å². The number of nitrogens with one attached hydrogen (secondary N) is 1. The van der Waals surface area contributed by atoms with Gasteiger partial charge in [0.05, 0.1) is 4.92 Å². The van der Waals surface area contributed by atoms with Crippen LogP contribution in [0, 0.1) is 22.5 Å². The Balaban J connectivity index is 1.93. The minimum atomic E-state index is -0.307. The van der Waals surface area contributed by atoms with Gasteiger partial charge in [-0.25, -0.2) is 0 Å². The highest BCUT2D eigenvalue weighted by molar-refractivity contribution is 5.42. The first-order valence-electron chi connectivity index (χ1n) is 7.01. The normalized spacial score (nSPS) is 16.9. The van der Waals surface area contributed by atoms with Crippen molar-refractivity contribution in [1.29, 1.82) is 0 Å². The minimum absolute atomic E-state index is 0.216. The Morgan fingerprint density at radius 3 is 2.68 bits per heavy atom. The number of aryl methyl sites for hydroxylation is 1. The van der Waals surface area contributed by atoms with E-state index in [-0.39, 0.29) is 10.6 Å². The zero-order chi connectivity index (χ0) is 13.9. The van der Waals surface area contributed by atoms with E-state index >= 15 is 0 Å². The van der Waals surface area contributed by atoms with Gasteiger partial charge in [0.1, 0.15) is 0 Å². The van der Waals surface area contributed by atoms with Crippen LogP contribution >= 0.6 is 0 Å². The molecule has 0 atom stereocenters. The molecule has 0 aromatic heterocycles. The minimum Gasteiger partial charge on any atom is -0.312 e. The maximum Gasteiger partial charge on any atom is 0.272 e. The van der Waals surface area contributed by atoms with Crippen LogP contribution in [0.5, 0.6) is 0 Å². The second-order valence-electron chi connectivity index (χ2n) is 5.69. The maximum absolute atomic E-state index is 10.9. The van der Waals surface area contributed by atoms with Crippen molar-refractivity contribution in [2.45, 2.75) is 46.1 Å². The average Bonchev–Trinajstić information content (AvgIpc) is 2.34. The molecule has 0 radical (unpaired) electrons. The predicted molar refractivity (Wildman–Crippen MR) is 76.1 cm³/mol. The van der Waals surface area contributed by atoms with Crippen molar-refractivity contribution in [3.8, 4) is 0 Å². The highest BCUT2D eigenvalue weighted by Gasteiger charge is 2.34. The Hall–Kier alpha value is -1.42. The molecule has 1 aromatic carbocycles. The Labute approximate surface area is 114 Å². The van der Waals surface area contributed by atoms with Gasteiger partial charge in [-0.1, -0.05) is 25.5 Å². The SMILES string of the molecule is CCC1(CNCc2ccc(C)c([N+](=O)[O-])c2)CCC1. The van der Waals surface area contributed by atoms with Crippen molar-refractivity contribution < 1.29 is 4.92 Å². The van der Waals surface area contributed by atoms with Gasteiger partial charge in [0.2, 0.25) is 0 Å². The zero-order valence-corrected chi connectivity index (χ0v) is 11.7. The zero-order valence-electron chi connectivity index (χ0n) is 11.7. The van der Waals surface area contributed by atoms with E-state index in [4.69, 9.17) is 0 Å². The van der Waals surface area contributed by atoms with Crippen LogP contribution in [0.4, 0.5) is 5.69 Å². The summed E-state index contributed by atoms with van der Waals surface area (Å²) in [5.74, 6) is 0. The molecule has 1 N–H and O–H groups in total. The van der Waals surface area contributed by atoms with Gasteiger partial charge in [-0.05, 0) is 37.2 Å². The van der Waals surface area contributed by atoms with Crippen molar-refractivity contribution >= 4 is 5.69 Å². The van der Waals surface area contributed by atoms with Crippen LogP contribution in [0.1, 0.15) is 43.7 Å². The summed E-state index contributed by atoms with van der Waals surface area (Å²) in [6.07, 6.45) is 5.18. The predicted octanol–water partition coefficient (Wildman–Crippen LogP) is 3.57. The summed E-state index contributed by atoms with van der Waals surface area (Å²) >= 11 is 0. The number of nitro groups is 1. The third kappa shape index (κ3) is 3.13. The Bertz CT molecular complexity index is 462. The Morgan fingerprint density at radius 1 is 1.42 bits per heavy atom. The van der Waals surface area contributed by atoms with Crippen molar-refractivity contribution in [1.82, 2.24) is 5.32 Å². The molecule has 4 nitrogen and oxygen atoms in total. The molecule has 0 aliphatic heterocycles. The van der Waals surface area contributed by atoms with E-state index in [0.717, 1.165) is 17.7 Å². The van der Waals surface area contributed by atoms with Crippen LogP contribution in [0.15, 0.2) is 18.2 Å². The van der Waals surface area contributed by atoms with Gasteiger partial charge in [-0.2, -0.15) is 0 Å². The first kappa shape index (κ1) is 14.0. The monoisotopic (exact) mass is 262 g/mol. The number of hydrogen-bond acceptors (Lipinski definition) is 3. The van der Waals surface area contributed by atoms with Crippen LogP contribution < -0.4 is 5.32 Å². The topological polar surface area (TPSA) is 55.2 Å². The van der Waals surface area contributed by atoms with Crippen LogP contribution in [0.2, 0.25) is 0 Å². The Morgan fingerprint density at radius 2 is 2.16 bits per heavy atom. The number of benzene rings is 1. The summed E-state index contributed by atoms with van der Waals surface area (Å²) in [6.45, 7) is 5.75. The lowest BCUT2D eigenvalue weighted by Gasteiger charge is -2.41. The Kier molecular flexibility index (Phi) is 4.20. The first-order valence-corrected chi connectivity index (χ1v) is 7.01. The van der Waals surface area contributed by atoms with Gasteiger partial charge in [0.15, 0.2) is 0 Å². The summed E-state index contributed by atoms with van der Waals surface area (Å²) < 4.78 is 0. The van der Waals surface area contributed by atoms with Crippen LogP contribution in [-0.4, -0.2) is 11.5 Å². The highest BCUT2D eigenvalue weighted by atomic mass is 16.6. The van der Waals surface area contributed by atoms with Crippen molar-refractivity contribution in [2.75, 3.05) is 6.54 Å². The lowest BCUT2D eigenvalue weighted by atomic mass is 9.67. The maximum atomic E-state index is 10.9. The molecule has 19 heavy (non-hydrogen) atoms. The molecule has 0 heterocycles. The standard InChI is InChI=1S/C15H22N2O2/c1-3-15(7-4-8-15)11-16-10-13-6-5-12(2)14(9-13)17(18)19/h5-6,9,16H,3-4,7-8,10-11H2,1-2H3. The smallest absolute Gasteiger partial charge is 0.272 e. The molecular formula is C15H22N2O2. The van der Waals surface area contributed by atoms with Gasteiger partial charge in [0, 0.05) is 24.7 Å².